The average molecular weight is 211 g/mol. The van der Waals surface area contributed by atoms with Crippen molar-refractivity contribution in [1.29, 1.82) is 0 Å². The highest BCUT2D eigenvalue weighted by atomic mass is 19.2. The normalized spacial score (nSPS) is 30.0. The Morgan fingerprint density at radius 2 is 2.13 bits per heavy atom. The quantitative estimate of drug-likeness (QED) is 0.799. The van der Waals surface area contributed by atoms with Gasteiger partial charge in [-0.05, 0) is 29.9 Å². The molecule has 0 heterocycles. The van der Waals surface area contributed by atoms with E-state index in [1.807, 2.05) is 6.92 Å². The van der Waals surface area contributed by atoms with Crippen LogP contribution in [0.1, 0.15) is 31.2 Å². The van der Waals surface area contributed by atoms with Gasteiger partial charge in [0.25, 0.3) is 0 Å². The van der Waals surface area contributed by atoms with Gasteiger partial charge in [-0.3, -0.25) is 0 Å². The molecule has 0 aromatic heterocycles. The number of halogens is 2. The van der Waals surface area contributed by atoms with E-state index in [0.29, 0.717) is 11.5 Å². The maximum Gasteiger partial charge on any atom is 0.162 e. The van der Waals surface area contributed by atoms with E-state index in [2.05, 4.69) is 0 Å². The summed E-state index contributed by atoms with van der Waals surface area (Å²) in [6.45, 7) is 2.04. The Morgan fingerprint density at radius 1 is 1.40 bits per heavy atom. The Labute approximate surface area is 88.3 Å². The van der Waals surface area contributed by atoms with E-state index in [-0.39, 0.29) is 12.0 Å². The van der Waals surface area contributed by atoms with Gasteiger partial charge in [0.15, 0.2) is 11.6 Å². The largest absolute Gasteiger partial charge is 0.327 e. The Bertz CT molecular complexity index is 365. The molecule has 0 radical (unpaired) electrons. The minimum Gasteiger partial charge on any atom is -0.327 e. The molecule has 1 aliphatic rings. The molecular weight excluding hydrogens is 196 g/mol. The van der Waals surface area contributed by atoms with E-state index >= 15 is 0 Å². The van der Waals surface area contributed by atoms with Crippen molar-refractivity contribution < 1.29 is 8.78 Å². The smallest absolute Gasteiger partial charge is 0.162 e. The van der Waals surface area contributed by atoms with Crippen LogP contribution in [-0.2, 0) is 0 Å². The highest BCUT2D eigenvalue weighted by Crippen LogP contribution is 2.44. The topological polar surface area (TPSA) is 26.0 Å². The zero-order valence-corrected chi connectivity index (χ0v) is 8.71. The molecule has 0 saturated heterocycles. The van der Waals surface area contributed by atoms with Crippen molar-refractivity contribution in [3.8, 4) is 0 Å². The first-order valence-electron chi connectivity index (χ1n) is 5.34. The molecule has 3 heteroatoms. The van der Waals surface area contributed by atoms with Gasteiger partial charge in [0.1, 0.15) is 0 Å². The monoisotopic (exact) mass is 211 g/mol. The second-order valence-corrected chi connectivity index (χ2v) is 4.22. The van der Waals surface area contributed by atoms with Gasteiger partial charge in [0.2, 0.25) is 0 Å². The number of benzene rings is 1. The highest BCUT2D eigenvalue weighted by molar-refractivity contribution is 5.27. The Hall–Kier alpha value is -0.960. The Morgan fingerprint density at radius 3 is 2.73 bits per heavy atom. The van der Waals surface area contributed by atoms with E-state index in [4.69, 9.17) is 5.73 Å². The molecule has 2 rings (SSSR count). The molecule has 2 N–H and O–H groups in total. The first kappa shape index (κ1) is 10.6. The van der Waals surface area contributed by atoms with Gasteiger partial charge in [-0.25, -0.2) is 8.78 Å². The van der Waals surface area contributed by atoms with Gasteiger partial charge in [-0.15, -0.1) is 0 Å². The minimum atomic E-state index is -0.761. The lowest BCUT2D eigenvalue weighted by Gasteiger charge is -2.42. The lowest BCUT2D eigenvalue weighted by molar-refractivity contribution is 0.193. The molecule has 15 heavy (non-hydrogen) atoms. The third-order valence-electron chi connectivity index (χ3n) is 3.45. The Kier molecular flexibility index (Phi) is 2.74. The molecule has 1 aromatic carbocycles. The molecule has 3 atom stereocenters. The lowest BCUT2D eigenvalue weighted by Crippen LogP contribution is -2.45. The van der Waals surface area contributed by atoms with Crippen molar-refractivity contribution in [3.05, 3.63) is 35.4 Å². The molecule has 1 nitrogen and oxygen atoms in total. The summed E-state index contributed by atoms with van der Waals surface area (Å²) >= 11 is 0. The summed E-state index contributed by atoms with van der Waals surface area (Å²) in [5, 5.41) is 0. The zero-order valence-electron chi connectivity index (χ0n) is 8.71. The van der Waals surface area contributed by atoms with Gasteiger partial charge in [-0.2, -0.15) is 0 Å². The van der Waals surface area contributed by atoms with E-state index < -0.39 is 11.6 Å². The molecule has 3 unspecified atom stereocenters. The van der Waals surface area contributed by atoms with Crippen LogP contribution in [0.4, 0.5) is 8.78 Å². The number of hydrogen-bond donors (Lipinski definition) is 1. The molecule has 0 bridgehead atoms. The molecule has 0 amide bonds. The Balaban J connectivity index is 2.27. The SMILES string of the molecule is CCC1C(N)CC1c1cccc(F)c1F. The number of nitrogens with two attached hydrogens (primary N) is 1. The van der Waals surface area contributed by atoms with Crippen molar-refractivity contribution in [2.45, 2.75) is 31.7 Å². The second kappa shape index (κ2) is 3.89. The van der Waals surface area contributed by atoms with Crippen LogP contribution in [0.25, 0.3) is 0 Å². The van der Waals surface area contributed by atoms with E-state index in [1.165, 1.54) is 0 Å². The van der Waals surface area contributed by atoms with Crippen LogP contribution >= 0.6 is 0 Å². The summed E-state index contributed by atoms with van der Waals surface area (Å²) in [6, 6.07) is 4.52. The first-order valence-corrected chi connectivity index (χ1v) is 5.34. The molecule has 1 saturated carbocycles. The van der Waals surface area contributed by atoms with Crippen LogP contribution in [0.2, 0.25) is 0 Å². The second-order valence-electron chi connectivity index (χ2n) is 4.22. The predicted molar refractivity (Wildman–Crippen MR) is 55.5 cm³/mol. The van der Waals surface area contributed by atoms with Crippen molar-refractivity contribution in [1.82, 2.24) is 0 Å². The van der Waals surface area contributed by atoms with Gasteiger partial charge >= 0.3 is 0 Å². The van der Waals surface area contributed by atoms with Crippen LogP contribution in [-0.4, -0.2) is 6.04 Å². The van der Waals surface area contributed by atoms with Crippen molar-refractivity contribution in [2.24, 2.45) is 11.7 Å². The van der Waals surface area contributed by atoms with Crippen LogP contribution in [0, 0.1) is 17.6 Å². The highest BCUT2D eigenvalue weighted by Gasteiger charge is 2.39. The summed E-state index contributed by atoms with van der Waals surface area (Å²) in [5.41, 5.74) is 6.32. The van der Waals surface area contributed by atoms with Gasteiger partial charge < -0.3 is 5.73 Å². The number of hydrogen-bond acceptors (Lipinski definition) is 1. The van der Waals surface area contributed by atoms with Gasteiger partial charge in [0, 0.05) is 6.04 Å². The first-order chi connectivity index (χ1) is 7.15. The fourth-order valence-electron chi connectivity index (χ4n) is 2.50. The summed E-state index contributed by atoms with van der Waals surface area (Å²) in [6.07, 6.45) is 1.68. The summed E-state index contributed by atoms with van der Waals surface area (Å²) in [4.78, 5) is 0. The van der Waals surface area contributed by atoms with E-state index in [0.717, 1.165) is 18.9 Å². The van der Waals surface area contributed by atoms with Crippen LogP contribution in [0.3, 0.4) is 0 Å². The fourth-order valence-corrected chi connectivity index (χ4v) is 2.50. The van der Waals surface area contributed by atoms with Crippen LogP contribution in [0.15, 0.2) is 18.2 Å². The molecule has 0 aliphatic heterocycles. The van der Waals surface area contributed by atoms with Crippen molar-refractivity contribution in [2.75, 3.05) is 0 Å². The molecule has 0 spiro atoms. The molecule has 82 valence electrons. The molecule has 1 aromatic rings. The maximum absolute atomic E-state index is 13.5. The van der Waals surface area contributed by atoms with Crippen LogP contribution in [0.5, 0.6) is 0 Å². The van der Waals surface area contributed by atoms with Crippen LogP contribution < -0.4 is 5.73 Å². The summed E-state index contributed by atoms with van der Waals surface area (Å²) in [5.74, 6) is -1.07. The third-order valence-corrected chi connectivity index (χ3v) is 3.45. The van der Waals surface area contributed by atoms with Crippen molar-refractivity contribution >= 4 is 0 Å². The fraction of sp³-hybridized carbons (Fsp3) is 0.500. The zero-order chi connectivity index (χ0) is 11.0. The minimum absolute atomic E-state index is 0.0979. The number of rotatable bonds is 2. The standard InChI is InChI=1S/C12H15F2N/c1-2-7-9(6-11(7)15)8-4-3-5-10(13)12(8)14/h3-5,7,9,11H,2,6,15H2,1H3. The average Bonchev–Trinajstić information content (AvgIpc) is 2.20. The van der Waals surface area contributed by atoms with Gasteiger partial charge in [0.05, 0.1) is 0 Å². The molecule has 1 aliphatic carbocycles. The van der Waals surface area contributed by atoms with E-state index in [9.17, 15) is 8.78 Å². The van der Waals surface area contributed by atoms with Gasteiger partial charge in [-0.1, -0.05) is 25.5 Å². The van der Waals surface area contributed by atoms with Crippen molar-refractivity contribution in [3.63, 3.8) is 0 Å². The third kappa shape index (κ3) is 1.65. The molecular formula is C12H15F2N. The lowest BCUT2D eigenvalue weighted by atomic mass is 9.65. The maximum atomic E-state index is 13.5. The van der Waals surface area contributed by atoms with E-state index in [1.54, 1.807) is 12.1 Å². The molecule has 1 fully saturated rings. The summed E-state index contributed by atoms with van der Waals surface area (Å²) < 4.78 is 26.5. The summed E-state index contributed by atoms with van der Waals surface area (Å²) in [7, 11) is 0. The predicted octanol–water partition coefficient (Wildman–Crippen LogP) is 2.81.